The lowest BCUT2D eigenvalue weighted by molar-refractivity contribution is -0.384. The van der Waals surface area contributed by atoms with Crippen molar-refractivity contribution in [1.82, 2.24) is 10.2 Å². The molecule has 1 aromatic carbocycles. The van der Waals surface area contributed by atoms with Gasteiger partial charge in [0.1, 0.15) is 11.6 Å². The van der Waals surface area contributed by atoms with Crippen molar-refractivity contribution in [3.63, 3.8) is 0 Å². The molecular weight excluding hydrogens is 382 g/mol. The number of carbonyl (C=O) groups excluding carboxylic acids is 3. The van der Waals surface area contributed by atoms with Crippen molar-refractivity contribution < 1.29 is 28.8 Å². The summed E-state index contributed by atoms with van der Waals surface area (Å²) in [5.41, 5.74) is -0.451. The van der Waals surface area contributed by atoms with Gasteiger partial charge in [0.05, 0.1) is 18.1 Å². The van der Waals surface area contributed by atoms with Crippen LogP contribution < -0.4 is 5.32 Å². The highest BCUT2D eigenvalue weighted by Gasteiger charge is 2.25. The maximum absolute atomic E-state index is 12.2. The fourth-order valence-electron chi connectivity index (χ4n) is 2.38. The molecule has 0 saturated carbocycles. The van der Waals surface area contributed by atoms with E-state index in [2.05, 4.69) is 5.32 Å². The molecule has 27 heavy (non-hydrogen) atoms. The van der Waals surface area contributed by atoms with Crippen LogP contribution in [0.15, 0.2) is 18.2 Å². The molecule has 1 fully saturated rings. The van der Waals surface area contributed by atoms with Crippen LogP contribution in [0.3, 0.4) is 0 Å². The number of nitro benzene ring substituents is 1. The van der Waals surface area contributed by atoms with Gasteiger partial charge in [-0.05, 0) is 19.1 Å². The van der Waals surface area contributed by atoms with E-state index in [1.807, 2.05) is 0 Å². The van der Waals surface area contributed by atoms with Crippen LogP contribution in [0, 0.1) is 10.1 Å². The van der Waals surface area contributed by atoms with Gasteiger partial charge in [-0.1, -0.05) is 11.6 Å². The topological polar surface area (TPSA) is 128 Å². The molecule has 146 valence electrons. The van der Waals surface area contributed by atoms with Gasteiger partial charge in [0, 0.05) is 24.7 Å². The molecule has 0 bridgehead atoms. The Labute approximate surface area is 159 Å². The number of esters is 1. The number of benzene rings is 1. The van der Waals surface area contributed by atoms with E-state index in [0.29, 0.717) is 26.3 Å². The van der Waals surface area contributed by atoms with E-state index < -0.39 is 35.1 Å². The highest BCUT2D eigenvalue weighted by molar-refractivity contribution is 6.32. The molecule has 0 radical (unpaired) electrons. The first-order valence-electron chi connectivity index (χ1n) is 8.07. The van der Waals surface area contributed by atoms with Crippen LogP contribution in [0.5, 0.6) is 0 Å². The molecule has 1 atom stereocenters. The second kappa shape index (κ2) is 9.28. The summed E-state index contributed by atoms with van der Waals surface area (Å²) in [7, 11) is 0. The minimum absolute atomic E-state index is 0.0312. The van der Waals surface area contributed by atoms with Crippen molar-refractivity contribution in [2.24, 2.45) is 0 Å². The molecule has 10 nitrogen and oxygen atoms in total. The van der Waals surface area contributed by atoms with E-state index in [9.17, 15) is 24.5 Å². The number of carbonyl (C=O) groups is 3. The monoisotopic (exact) mass is 399 g/mol. The molecule has 1 aliphatic heterocycles. The second-order valence-electron chi connectivity index (χ2n) is 5.68. The maximum Gasteiger partial charge on any atom is 0.326 e. The third kappa shape index (κ3) is 5.63. The molecule has 2 amide bonds. The summed E-state index contributed by atoms with van der Waals surface area (Å²) in [5, 5.41) is 13.0. The summed E-state index contributed by atoms with van der Waals surface area (Å²) in [5.74, 6) is -1.86. The predicted molar refractivity (Wildman–Crippen MR) is 93.4 cm³/mol. The highest BCUT2D eigenvalue weighted by atomic mass is 35.5. The molecule has 1 aromatic rings. The Kier molecular flexibility index (Phi) is 7.08. The quantitative estimate of drug-likeness (QED) is 0.425. The number of hydrogen-bond acceptors (Lipinski definition) is 7. The van der Waals surface area contributed by atoms with Crippen LogP contribution in [0.25, 0.3) is 0 Å². The number of morpholine rings is 1. The van der Waals surface area contributed by atoms with Gasteiger partial charge >= 0.3 is 5.97 Å². The number of amides is 2. The van der Waals surface area contributed by atoms with Crippen LogP contribution in [-0.4, -0.2) is 66.6 Å². The Morgan fingerprint density at radius 2 is 2.04 bits per heavy atom. The van der Waals surface area contributed by atoms with Crippen LogP contribution >= 0.6 is 11.6 Å². The lowest BCUT2D eigenvalue weighted by Crippen LogP contribution is -2.46. The SMILES string of the molecule is CC(OC(=O)CNC(=O)c1ccc(Cl)c([N+](=O)[O-])c1)C(=O)N1CCOCC1. The molecule has 1 aliphatic rings. The molecule has 1 heterocycles. The van der Waals surface area contributed by atoms with Crippen molar-refractivity contribution in [2.75, 3.05) is 32.8 Å². The van der Waals surface area contributed by atoms with Crippen molar-refractivity contribution in [2.45, 2.75) is 13.0 Å². The Hall–Kier alpha value is -2.72. The van der Waals surface area contributed by atoms with E-state index >= 15 is 0 Å². The molecule has 1 unspecified atom stereocenters. The molecule has 2 rings (SSSR count). The van der Waals surface area contributed by atoms with Crippen molar-refractivity contribution in [3.8, 4) is 0 Å². The molecular formula is C16H18ClN3O7. The molecule has 0 spiro atoms. The third-order valence-electron chi connectivity index (χ3n) is 3.78. The predicted octanol–water partition coefficient (Wildman–Crippen LogP) is 0.768. The number of hydrogen-bond donors (Lipinski definition) is 1. The zero-order valence-electron chi connectivity index (χ0n) is 14.5. The average molecular weight is 400 g/mol. The summed E-state index contributed by atoms with van der Waals surface area (Å²) in [4.78, 5) is 47.7. The fraction of sp³-hybridized carbons (Fsp3) is 0.438. The van der Waals surface area contributed by atoms with E-state index in [1.165, 1.54) is 24.0 Å². The second-order valence-corrected chi connectivity index (χ2v) is 6.08. The molecule has 11 heteroatoms. The number of rotatable bonds is 6. The fourth-order valence-corrected chi connectivity index (χ4v) is 2.56. The minimum Gasteiger partial charge on any atom is -0.451 e. The Balaban J connectivity index is 1.85. The lowest BCUT2D eigenvalue weighted by atomic mass is 10.2. The van der Waals surface area contributed by atoms with E-state index in [4.69, 9.17) is 21.1 Å². The van der Waals surface area contributed by atoms with Gasteiger partial charge in [0.25, 0.3) is 17.5 Å². The molecule has 1 N–H and O–H groups in total. The Morgan fingerprint density at radius 3 is 2.67 bits per heavy atom. The van der Waals surface area contributed by atoms with Gasteiger partial charge in [-0.3, -0.25) is 24.5 Å². The van der Waals surface area contributed by atoms with E-state index in [0.717, 1.165) is 6.07 Å². The molecule has 1 saturated heterocycles. The van der Waals surface area contributed by atoms with Crippen LogP contribution in [0.4, 0.5) is 5.69 Å². The number of ether oxygens (including phenoxy) is 2. The summed E-state index contributed by atoms with van der Waals surface area (Å²) >= 11 is 5.68. The number of nitrogens with one attached hydrogen (secondary N) is 1. The van der Waals surface area contributed by atoms with Crippen LogP contribution in [-0.2, 0) is 19.1 Å². The van der Waals surface area contributed by atoms with E-state index in [1.54, 1.807) is 0 Å². The first-order valence-corrected chi connectivity index (χ1v) is 8.45. The van der Waals surface area contributed by atoms with Crippen molar-refractivity contribution in [1.29, 1.82) is 0 Å². The summed E-state index contributed by atoms with van der Waals surface area (Å²) in [6.45, 7) is 2.65. The standard InChI is InChI=1S/C16H18ClN3O7/c1-10(16(23)19-4-6-26-7-5-19)27-14(21)9-18-15(22)11-2-3-12(17)13(8-11)20(24)25/h2-3,8,10H,4-7,9H2,1H3,(H,18,22). The zero-order chi connectivity index (χ0) is 20.0. The summed E-state index contributed by atoms with van der Waals surface area (Å²) in [6, 6.07) is 3.52. The Morgan fingerprint density at radius 1 is 1.37 bits per heavy atom. The first kappa shape index (κ1) is 20.6. The van der Waals surface area contributed by atoms with Gasteiger partial charge in [-0.2, -0.15) is 0 Å². The minimum atomic E-state index is -0.996. The average Bonchev–Trinajstić information content (AvgIpc) is 2.66. The maximum atomic E-state index is 12.2. The van der Waals surface area contributed by atoms with Gasteiger partial charge in [-0.15, -0.1) is 0 Å². The zero-order valence-corrected chi connectivity index (χ0v) is 15.2. The van der Waals surface area contributed by atoms with Gasteiger partial charge in [0.15, 0.2) is 6.10 Å². The normalized spacial score (nSPS) is 15.0. The summed E-state index contributed by atoms with van der Waals surface area (Å²) in [6.07, 6.45) is -0.996. The van der Waals surface area contributed by atoms with Crippen molar-refractivity contribution >= 4 is 35.1 Å². The third-order valence-corrected chi connectivity index (χ3v) is 4.10. The van der Waals surface area contributed by atoms with Gasteiger partial charge < -0.3 is 19.7 Å². The van der Waals surface area contributed by atoms with Crippen LogP contribution in [0.1, 0.15) is 17.3 Å². The Bertz CT molecular complexity index is 750. The molecule has 0 aliphatic carbocycles. The number of nitro groups is 1. The van der Waals surface area contributed by atoms with Gasteiger partial charge in [-0.25, -0.2) is 0 Å². The number of halogens is 1. The number of nitrogens with zero attached hydrogens (tertiary/aromatic N) is 2. The first-order chi connectivity index (χ1) is 12.8. The molecule has 0 aromatic heterocycles. The van der Waals surface area contributed by atoms with Gasteiger partial charge in [0.2, 0.25) is 0 Å². The largest absolute Gasteiger partial charge is 0.451 e. The smallest absolute Gasteiger partial charge is 0.326 e. The van der Waals surface area contributed by atoms with Crippen LogP contribution in [0.2, 0.25) is 5.02 Å². The van der Waals surface area contributed by atoms with E-state index in [-0.39, 0.29) is 16.5 Å². The van der Waals surface area contributed by atoms with Crippen molar-refractivity contribution in [3.05, 3.63) is 38.9 Å². The summed E-state index contributed by atoms with van der Waals surface area (Å²) < 4.78 is 10.2. The lowest BCUT2D eigenvalue weighted by Gasteiger charge is -2.28. The highest BCUT2D eigenvalue weighted by Crippen LogP contribution is 2.24.